The number of hydrogen-bond donors (Lipinski definition) is 0. The third-order valence-corrected chi connectivity index (χ3v) is 6.25. The summed E-state index contributed by atoms with van der Waals surface area (Å²) in [6.07, 6.45) is 5.08. The van der Waals surface area contributed by atoms with Crippen molar-refractivity contribution in [2.24, 2.45) is 10.8 Å². The molecule has 142 valence electrons. The highest BCUT2D eigenvalue weighted by molar-refractivity contribution is 6.07. The highest BCUT2D eigenvalue weighted by atomic mass is 16.5. The molecule has 0 radical (unpaired) electrons. The zero-order valence-corrected chi connectivity index (χ0v) is 17.1. The van der Waals surface area contributed by atoms with Crippen LogP contribution in [-0.4, -0.2) is 16.2 Å². The van der Waals surface area contributed by atoms with Crippen molar-refractivity contribution < 1.29 is 9.53 Å². The fraction of sp³-hybridized carbons (Fsp3) is 0.500. The maximum absolute atomic E-state index is 13.4. The van der Waals surface area contributed by atoms with E-state index in [-0.39, 0.29) is 22.5 Å². The highest BCUT2D eigenvalue weighted by Gasteiger charge is 2.48. The molecule has 0 fully saturated rings. The van der Waals surface area contributed by atoms with E-state index in [2.05, 4.69) is 65.0 Å². The fourth-order valence-corrected chi connectivity index (χ4v) is 4.84. The molecule has 1 heterocycles. The highest BCUT2D eigenvalue weighted by Crippen LogP contribution is 2.50. The van der Waals surface area contributed by atoms with E-state index in [1.165, 1.54) is 5.56 Å². The van der Waals surface area contributed by atoms with Gasteiger partial charge in [-0.2, -0.15) is 4.74 Å². The largest absolute Gasteiger partial charge is 0.618 e. The topological polar surface area (TPSA) is 43.1 Å². The number of Topliss-reactive ketones (excluding diaryl/α,β-unsaturated/α-hetero) is 1. The number of allylic oxidation sites excluding steroid dienone is 4. The number of rotatable bonds is 1. The van der Waals surface area contributed by atoms with E-state index in [4.69, 9.17) is 0 Å². The molecule has 2 aliphatic carbocycles. The molecule has 0 saturated carbocycles. The van der Waals surface area contributed by atoms with Crippen LogP contribution in [0.25, 0.3) is 0 Å². The lowest BCUT2D eigenvalue weighted by atomic mass is 9.65. The van der Waals surface area contributed by atoms with Crippen molar-refractivity contribution >= 4 is 11.5 Å². The van der Waals surface area contributed by atoms with Gasteiger partial charge in [0.05, 0.1) is 5.57 Å². The zero-order valence-electron chi connectivity index (χ0n) is 17.1. The summed E-state index contributed by atoms with van der Waals surface area (Å²) >= 11 is 0. The van der Waals surface area contributed by atoms with Gasteiger partial charge in [0.15, 0.2) is 11.5 Å². The summed E-state index contributed by atoms with van der Waals surface area (Å²) in [4.78, 5) is 13.2. The van der Waals surface area contributed by atoms with Gasteiger partial charge in [-0.15, -0.1) is 0 Å². The van der Waals surface area contributed by atoms with Crippen LogP contribution < -0.4 is 0 Å². The van der Waals surface area contributed by atoms with Gasteiger partial charge in [-0.3, -0.25) is 4.79 Å². The molecule has 1 unspecified atom stereocenters. The average molecular weight is 364 g/mol. The summed E-state index contributed by atoms with van der Waals surface area (Å²) in [6, 6.07) is 8.44. The Hall–Kier alpha value is -2.16. The molecule has 0 spiro atoms. The lowest BCUT2D eigenvalue weighted by Crippen LogP contribution is -2.41. The van der Waals surface area contributed by atoms with E-state index in [0.717, 1.165) is 40.0 Å². The monoisotopic (exact) mass is 363 g/mol. The number of fused-ring (bicyclic) bond motifs is 1. The van der Waals surface area contributed by atoms with Gasteiger partial charge in [0.1, 0.15) is 0 Å². The minimum absolute atomic E-state index is 0.0750. The summed E-state index contributed by atoms with van der Waals surface area (Å²) in [7, 11) is 0. The van der Waals surface area contributed by atoms with Crippen molar-refractivity contribution in [3.05, 3.63) is 63.5 Å². The Bertz CT molecular complexity index is 910. The maximum Gasteiger partial charge on any atom is 0.201 e. The third-order valence-electron chi connectivity index (χ3n) is 6.25. The first-order valence-corrected chi connectivity index (χ1v) is 9.94. The van der Waals surface area contributed by atoms with Crippen LogP contribution >= 0.6 is 0 Å². The minimum atomic E-state index is -0.164. The van der Waals surface area contributed by atoms with Crippen LogP contribution in [0, 0.1) is 23.0 Å². The lowest BCUT2D eigenvalue weighted by Gasteiger charge is -2.40. The minimum Gasteiger partial charge on any atom is -0.618 e. The summed E-state index contributed by atoms with van der Waals surface area (Å²) in [5.74, 6) is 0.0398. The summed E-state index contributed by atoms with van der Waals surface area (Å²) < 4.78 is 1.12. The van der Waals surface area contributed by atoms with Crippen molar-refractivity contribution in [3.63, 3.8) is 0 Å². The van der Waals surface area contributed by atoms with Crippen molar-refractivity contribution in [1.29, 1.82) is 0 Å². The summed E-state index contributed by atoms with van der Waals surface area (Å²) in [5.41, 5.74) is 5.59. The van der Waals surface area contributed by atoms with E-state index < -0.39 is 0 Å². The smallest absolute Gasteiger partial charge is 0.201 e. The van der Waals surface area contributed by atoms with Crippen molar-refractivity contribution in [1.82, 2.24) is 0 Å². The van der Waals surface area contributed by atoms with Crippen molar-refractivity contribution in [2.45, 2.75) is 66.2 Å². The van der Waals surface area contributed by atoms with Gasteiger partial charge in [0.2, 0.25) is 5.70 Å². The first-order valence-electron chi connectivity index (χ1n) is 9.94. The molecule has 1 aromatic rings. The summed E-state index contributed by atoms with van der Waals surface area (Å²) in [5, 5.41) is 13.4. The zero-order chi connectivity index (χ0) is 19.6. The number of hydroxylamine groups is 1. The standard InChI is InChI=1S/C24H29NO2/c1-15-6-8-16(9-7-15)21-17-10-11-23(2,3)12-18(17)25(27)19-13-24(4,5)14-20(26)22(19)21/h6-10,21H,11-14H2,1-5H3. The predicted molar refractivity (Wildman–Crippen MR) is 109 cm³/mol. The van der Waals surface area contributed by atoms with Crippen LogP contribution in [0.4, 0.5) is 0 Å². The molecule has 0 N–H and O–H groups in total. The molecule has 0 aromatic heterocycles. The molecule has 3 heteroatoms. The molecule has 3 nitrogen and oxygen atoms in total. The van der Waals surface area contributed by atoms with Crippen LogP contribution in [0.15, 0.2) is 47.2 Å². The average Bonchev–Trinajstić information content (AvgIpc) is 2.56. The van der Waals surface area contributed by atoms with Gasteiger partial charge in [-0.25, -0.2) is 0 Å². The fourth-order valence-electron chi connectivity index (χ4n) is 4.84. The molecule has 1 aromatic carbocycles. The van der Waals surface area contributed by atoms with E-state index in [1.54, 1.807) is 0 Å². The van der Waals surface area contributed by atoms with Crippen LogP contribution in [0.2, 0.25) is 0 Å². The maximum atomic E-state index is 13.4. The van der Waals surface area contributed by atoms with Gasteiger partial charge in [0.25, 0.3) is 0 Å². The molecule has 1 aliphatic heterocycles. The van der Waals surface area contributed by atoms with E-state index in [1.807, 2.05) is 0 Å². The van der Waals surface area contributed by atoms with Gasteiger partial charge < -0.3 is 5.21 Å². The first kappa shape index (κ1) is 18.2. The van der Waals surface area contributed by atoms with E-state index >= 15 is 0 Å². The molecule has 1 atom stereocenters. The van der Waals surface area contributed by atoms with E-state index in [0.29, 0.717) is 18.5 Å². The number of aryl methyl sites for hydroxylation is 1. The van der Waals surface area contributed by atoms with Crippen LogP contribution in [0.5, 0.6) is 0 Å². The summed E-state index contributed by atoms with van der Waals surface area (Å²) in [6.45, 7) is 10.7. The molecule has 0 bridgehead atoms. The van der Waals surface area contributed by atoms with Crippen molar-refractivity contribution in [2.75, 3.05) is 0 Å². The van der Waals surface area contributed by atoms with Crippen LogP contribution in [0.3, 0.4) is 0 Å². The number of nitrogens with zero attached hydrogens (tertiary/aromatic N) is 1. The molecule has 4 rings (SSSR count). The Morgan fingerprint density at radius 1 is 1.00 bits per heavy atom. The van der Waals surface area contributed by atoms with Crippen LogP contribution in [0.1, 0.15) is 70.4 Å². The molecule has 0 saturated heterocycles. The Labute approximate surface area is 162 Å². The molecular formula is C24H29NO2. The van der Waals surface area contributed by atoms with Gasteiger partial charge in [0, 0.05) is 30.8 Å². The third kappa shape index (κ3) is 3.07. The number of carbonyl (C=O) groups excluding carboxylic acids is 1. The molecule has 27 heavy (non-hydrogen) atoms. The van der Waals surface area contributed by atoms with Crippen LogP contribution in [-0.2, 0) is 4.79 Å². The lowest BCUT2D eigenvalue weighted by molar-refractivity contribution is -0.412. The molecule has 0 amide bonds. The SMILES string of the molecule is Cc1ccc(C2C3=CCC(C)(C)CC3=[N+]([O-])C3=C2C(=O)CC(C)(C)C3)cc1. The Balaban J connectivity index is 1.96. The van der Waals surface area contributed by atoms with Gasteiger partial charge in [-0.1, -0.05) is 63.6 Å². The number of hydrogen-bond acceptors (Lipinski definition) is 2. The number of carbonyl (C=O) groups is 1. The second kappa shape index (κ2) is 5.92. The molecule has 3 aliphatic rings. The van der Waals surface area contributed by atoms with Gasteiger partial charge in [-0.05, 0) is 29.7 Å². The second-order valence-corrected chi connectivity index (χ2v) is 10.1. The van der Waals surface area contributed by atoms with Gasteiger partial charge >= 0.3 is 0 Å². The first-order chi connectivity index (χ1) is 12.6. The Morgan fingerprint density at radius 3 is 2.33 bits per heavy atom. The number of benzene rings is 1. The predicted octanol–water partition coefficient (Wildman–Crippen LogP) is 5.43. The Kier molecular flexibility index (Phi) is 3.99. The molecular weight excluding hydrogens is 334 g/mol. The second-order valence-electron chi connectivity index (χ2n) is 10.1. The number of ketones is 1. The normalized spacial score (nSPS) is 26.5. The Morgan fingerprint density at radius 2 is 1.67 bits per heavy atom. The quantitative estimate of drug-likeness (QED) is 0.493. The van der Waals surface area contributed by atoms with Crippen molar-refractivity contribution in [3.8, 4) is 0 Å². The van der Waals surface area contributed by atoms with E-state index in [9.17, 15) is 10.0 Å².